The van der Waals surface area contributed by atoms with Crippen LogP contribution in [0.1, 0.15) is 5.56 Å². The highest BCUT2D eigenvalue weighted by Gasteiger charge is 2.10. The Bertz CT molecular complexity index is 482. The topological polar surface area (TPSA) is 69.6 Å². The first-order valence-corrected chi connectivity index (χ1v) is 6.28. The number of amides is 1. The lowest BCUT2D eigenvalue weighted by Crippen LogP contribution is -2.37. The molecule has 1 amide bonds. The van der Waals surface area contributed by atoms with Crippen LogP contribution >= 0.6 is 15.9 Å². The Hall–Kier alpha value is -1.47. The van der Waals surface area contributed by atoms with Gasteiger partial charge in [0, 0.05) is 16.6 Å². The summed E-state index contributed by atoms with van der Waals surface area (Å²) in [4.78, 5) is 23.3. The molecule has 0 aliphatic rings. The molecular formula is C12H14BrFN2O3. The van der Waals surface area contributed by atoms with Crippen molar-refractivity contribution in [2.24, 2.45) is 0 Å². The fraction of sp³-hybridized carbons (Fsp3) is 0.333. The van der Waals surface area contributed by atoms with Gasteiger partial charge in [0.1, 0.15) is 12.4 Å². The number of nitrogens with zero attached hydrogens (tertiary/aromatic N) is 1. The summed E-state index contributed by atoms with van der Waals surface area (Å²) in [5, 5.41) is 10.7. The fourth-order valence-corrected chi connectivity index (χ4v) is 1.89. The summed E-state index contributed by atoms with van der Waals surface area (Å²) in [6.07, 6.45) is 0. The first-order valence-electron chi connectivity index (χ1n) is 5.49. The maximum atomic E-state index is 13.5. The molecule has 0 saturated heterocycles. The highest BCUT2D eigenvalue weighted by atomic mass is 79.9. The van der Waals surface area contributed by atoms with Crippen molar-refractivity contribution in [2.45, 2.75) is 6.54 Å². The number of carbonyl (C=O) groups excluding carboxylic acids is 1. The number of rotatable bonds is 6. The lowest BCUT2D eigenvalue weighted by molar-refractivity contribution is -0.138. The molecule has 5 nitrogen and oxygen atoms in total. The summed E-state index contributed by atoms with van der Waals surface area (Å²) < 4.78 is 14.3. The number of benzene rings is 1. The molecule has 0 aliphatic carbocycles. The van der Waals surface area contributed by atoms with Crippen LogP contribution < -0.4 is 5.32 Å². The molecule has 2 N–H and O–H groups in total. The molecule has 0 aliphatic heterocycles. The predicted molar refractivity (Wildman–Crippen MR) is 71.1 cm³/mol. The van der Waals surface area contributed by atoms with E-state index in [2.05, 4.69) is 21.2 Å². The SMILES string of the molecule is CN(CC(=O)NCC(=O)O)Cc1cc(Br)ccc1F. The molecule has 19 heavy (non-hydrogen) atoms. The number of likely N-dealkylation sites (N-methyl/N-ethyl adjacent to an activating group) is 1. The minimum absolute atomic E-state index is 0.000761. The van der Waals surface area contributed by atoms with E-state index in [-0.39, 0.29) is 18.9 Å². The van der Waals surface area contributed by atoms with Gasteiger partial charge in [-0.05, 0) is 25.2 Å². The monoisotopic (exact) mass is 332 g/mol. The number of hydrogen-bond acceptors (Lipinski definition) is 3. The zero-order valence-electron chi connectivity index (χ0n) is 10.3. The molecule has 7 heteroatoms. The Morgan fingerprint density at radius 3 is 2.79 bits per heavy atom. The molecule has 0 spiro atoms. The Balaban J connectivity index is 2.50. The molecule has 0 atom stereocenters. The van der Waals surface area contributed by atoms with Crippen LogP contribution in [0.4, 0.5) is 4.39 Å². The van der Waals surface area contributed by atoms with E-state index in [0.717, 1.165) is 4.47 Å². The van der Waals surface area contributed by atoms with Gasteiger partial charge in [-0.2, -0.15) is 0 Å². The van der Waals surface area contributed by atoms with E-state index >= 15 is 0 Å². The van der Waals surface area contributed by atoms with Crippen LogP contribution in [0.15, 0.2) is 22.7 Å². The number of hydrogen-bond donors (Lipinski definition) is 2. The Morgan fingerprint density at radius 1 is 1.47 bits per heavy atom. The lowest BCUT2D eigenvalue weighted by atomic mass is 10.2. The van der Waals surface area contributed by atoms with Crippen molar-refractivity contribution < 1.29 is 19.1 Å². The van der Waals surface area contributed by atoms with Crippen molar-refractivity contribution in [3.8, 4) is 0 Å². The predicted octanol–water partition coefficient (Wildman–Crippen LogP) is 1.22. The molecule has 1 aromatic rings. The van der Waals surface area contributed by atoms with Crippen molar-refractivity contribution in [1.82, 2.24) is 10.2 Å². The third kappa shape index (κ3) is 5.80. The Labute approximate surface area is 118 Å². The smallest absolute Gasteiger partial charge is 0.322 e. The van der Waals surface area contributed by atoms with E-state index in [4.69, 9.17) is 5.11 Å². The van der Waals surface area contributed by atoms with Crippen LogP contribution in [0.3, 0.4) is 0 Å². The summed E-state index contributed by atoms with van der Waals surface area (Å²) in [6, 6.07) is 4.58. The number of carboxylic acid groups (broad SMARTS) is 1. The molecular weight excluding hydrogens is 319 g/mol. The van der Waals surface area contributed by atoms with Gasteiger partial charge in [0.15, 0.2) is 0 Å². The van der Waals surface area contributed by atoms with E-state index in [1.165, 1.54) is 6.07 Å². The quantitative estimate of drug-likeness (QED) is 0.821. The number of carbonyl (C=O) groups is 2. The zero-order valence-corrected chi connectivity index (χ0v) is 11.9. The molecule has 0 fully saturated rings. The number of aliphatic carboxylic acids is 1. The first kappa shape index (κ1) is 15.6. The normalized spacial score (nSPS) is 10.5. The highest BCUT2D eigenvalue weighted by molar-refractivity contribution is 9.10. The van der Waals surface area contributed by atoms with Gasteiger partial charge >= 0.3 is 5.97 Å². The van der Waals surface area contributed by atoms with Gasteiger partial charge in [-0.25, -0.2) is 4.39 Å². The molecule has 104 valence electrons. The molecule has 1 aromatic carbocycles. The first-order chi connectivity index (χ1) is 8.88. The molecule has 0 saturated carbocycles. The second kappa shape index (κ2) is 7.20. The van der Waals surface area contributed by atoms with Gasteiger partial charge < -0.3 is 10.4 Å². The number of nitrogens with one attached hydrogen (secondary N) is 1. The molecule has 0 heterocycles. The van der Waals surface area contributed by atoms with Crippen LogP contribution in [0.2, 0.25) is 0 Å². The summed E-state index contributed by atoms with van der Waals surface area (Å²) in [5.74, 6) is -1.87. The zero-order chi connectivity index (χ0) is 14.4. The molecule has 0 aromatic heterocycles. The van der Waals surface area contributed by atoms with Crippen LogP contribution in [0.5, 0.6) is 0 Å². The van der Waals surface area contributed by atoms with Crippen LogP contribution in [0, 0.1) is 5.82 Å². The minimum Gasteiger partial charge on any atom is -0.480 e. The van der Waals surface area contributed by atoms with E-state index in [0.29, 0.717) is 5.56 Å². The van der Waals surface area contributed by atoms with E-state index in [9.17, 15) is 14.0 Å². The summed E-state index contributed by atoms with van der Waals surface area (Å²) in [5.41, 5.74) is 0.461. The van der Waals surface area contributed by atoms with Crippen molar-refractivity contribution in [3.05, 3.63) is 34.1 Å². The van der Waals surface area contributed by atoms with Crippen molar-refractivity contribution in [3.63, 3.8) is 0 Å². The second-order valence-corrected chi connectivity index (χ2v) is 4.99. The fourth-order valence-electron chi connectivity index (χ4n) is 1.49. The third-order valence-corrected chi connectivity index (χ3v) is 2.79. The standard InChI is InChI=1S/C12H14BrFN2O3/c1-16(7-11(17)15-5-12(18)19)6-8-4-9(13)2-3-10(8)14/h2-4H,5-7H2,1H3,(H,15,17)(H,18,19). The molecule has 1 rings (SSSR count). The van der Waals surface area contributed by atoms with Crippen molar-refractivity contribution in [2.75, 3.05) is 20.1 Å². The van der Waals surface area contributed by atoms with Gasteiger partial charge in [-0.15, -0.1) is 0 Å². The Kier molecular flexibility index (Phi) is 5.91. The average Bonchev–Trinajstić information content (AvgIpc) is 2.31. The van der Waals surface area contributed by atoms with Gasteiger partial charge in [-0.1, -0.05) is 15.9 Å². The van der Waals surface area contributed by atoms with Crippen LogP contribution in [-0.4, -0.2) is 42.0 Å². The van der Waals surface area contributed by atoms with E-state index < -0.39 is 18.4 Å². The summed E-state index contributed by atoms with van der Waals surface area (Å²) in [6.45, 7) is -0.164. The maximum absolute atomic E-state index is 13.5. The van der Waals surface area contributed by atoms with E-state index in [1.807, 2.05) is 0 Å². The summed E-state index contributed by atoms with van der Waals surface area (Å²) in [7, 11) is 1.65. The van der Waals surface area contributed by atoms with Gasteiger partial charge in [0.05, 0.1) is 6.54 Å². The number of carboxylic acids is 1. The third-order valence-electron chi connectivity index (χ3n) is 2.30. The number of halogens is 2. The second-order valence-electron chi connectivity index (χ2n) is 4.08. The molecule has 0 radical (unpaired) electrons. The average molecular weight is 333 g/mol. The Morgan fingerprint density at radius 2 is 2.16 bits per heavy atom. The van der Waals surface area contributed by atoms with E-state index in [1.54, 1.807) is 24.1 Å². The molecule has 0 unspecified atom stereocenters. The maximum Gasteiger partial charge on any atom is 0.322 e. The van der Waals surface area contributed by atoms with Crippen LogP contribution in [0.25, 0.3) is 0 Å². The van der Waals surface area contributed by atoms with Gasteiger partial charge in [0.25, 0.3) is 0 Å². The largest absolute Gasteiger partial charge is 0.480 e. The molecule has 0 bridgehead atoms. The minimum atomic E-state index is -1.10. The van der Waals surface area contributed by atoms with Gasteiger partial charge in [0.2, 0.25) is 5.91 Å². The van der Waals surface area contributed by atoms with Crippen molar-refractivity contribution in [1.29, 1.82) is 0 Å². The lowest BCUT2D eigenvalue weighted by Gasteiger charge is -2.16. The van der Waals surface area contributed by atoms with Crippen molar-refractivity contribution >= 4 is 27.8 Å². The van der Waals surface area contributed by atoms with Crippen LogP contribution in [-0.2, 0) is 16.1 Å². The summed E-state index contributed by atoms with van der Waals surface area (Å²) >= 11 is 3.25. The van der Waals surface area contributed by atoms with Gasteiger partial charge in [-0.3, -0.25) is 14.5 Å². The highest BCUT2D eigenvalue weighted by Crippen LogP contribution is 2.16.